The molecule has 0 bridgehead atoms. The highest BCUT2D eigenvalue weighted by atomic mass is 16.4. The predicted molar refractivity (Wildman–Crippen MR) is 80.8 cm³/mol. The van der Waals surface area contributed by atoms with Crippen molar-refractivity contribution >= 4 is 11.9 Å². The van der Waals surface area contributed by atoms with E-state index >= 15 is 0 Å². The molecular formula is C16H26N2O3. The number of carbonyl (C=O) groups excluding carboxylic acids is 1. The fourth-order valence-corrected chi connectivity index (χ4v) is 3.40. The summed E-state index contributed by atoms with van der Waals surface area (Å²) in [5.74, 6) is -0.662. The van der Waals surface area contributed by atoms with Crippen molar-refractivity contribution in [1.82, 2.24) is 9.80 Å². The lowest BCUT2D eigenvalue weighted by Gasteiger charge is -2.30. The van der Waals surface area contributed by atoms with Crippen LogP contribution in [0.4, 0.5) is 0 Å². The van der Waals surface area contributed by atoms with Gasteiger partial charge in [0.1, 0.15) is 0 Å². The molecule has 1 unspecified atom stereocenters. The molecule has 1 heterocycles. The number of nitrogens with zero attached hydrogens (tertiary/aromatic N) is 2. The minimum absolute atomic E-state index is 0.0190. The van der Waals surface area contributed by atoms with E-state index in [1.54, 1.807) is 0 Å². The molecule has 1 fully saturated rings. The smallest absolute Gasteiger partial charge is 0.304 e. The molecule has 0 aromatic heterocycles. The van der Waals surface area contributed by atoms with Gasteiger partial charge in [-0.2, -0.15) is 0 Å². The minimum atomic E-state index is -0.776. The van der Waals surface area contributed by atoms with Gasteiger partial charge in [0.15, 0.2) is 0 Å². The quantitative estimate of drug-likeness (QED) is 0.816. The number of carbonyl (C=O) groups is 2. The molecule has 118 valence electrons. The van der Waals surface area contributed by atoms with Gasteiger partial charge in [0.25, 0.3) is 0 Å². The third-order valence-electron chi connectivity index (χ3n) is 4.48. The van der Waals surface area contributed by atoms with Gasteiger partial charge < -0.3 is 10.0 Å². The Balaban J connectivity index is 1.95. The molecule has 1 amide bonds. The van der Waals surface area contributed by atoms with Crippen LogP contribution < -0.4 is 0 Å². The van der Waals surface area contributed by atoms with Crippen LogP contribution in [-0.2, 0) is 9.59 Å². The van der Waals surface area contributed by atoms with Crippen molar-refractivity contribution in [3.8, 4) is 0 Å². The molecule has 0 saturated carbocycles. The number of likely N-dealkylation sites (N-methyl/N-ethyl adjacent to an activating group) is 1. The van der Waals surface area contributed by atoms with Crippen molar-refractivity contribution in [2.45, 2.75) is 57.9 Å². The molecule has 2 rings (SSSR count). The molecule has 1 N–H and O–H groups in total. The van der Waals surface area contributed by atoms with E-state index in [9.17, 15) is 9.59 Å². The number of aliphatic carboxylic acids is 1. The number of amides is 1. The van der Waals surface area contributed by atoms with Crippen LogP contribution in [-0.4, -0.2) is 52.5 Å². The second-order valence-corrected chi connectivity index (χ2v) is 5.94. The lowest BCUT2D eigenvalue weighted by Crippen LogP contribution is -2.42. The summed E-state index contributed by atoms with van der Waals surface area (Å²) in [4.78, 5) is 27.4. The summed E-state index contributed by atoms with van der Waals surface area (Å²) in [5, 5.41) is 8.95. The van der Waals surface area contributed by atoms with Crippen molar-refractivity contribution in [2.75, 3.05) is 19.6 Å². The van der Waals surface area contributed by atoms with E-state index in [4.69, 9.17) is 5.11 Å². The van der Waals surface area contributed by atoms with Gasteiger partial charge in [-0.3, -0.25) is 14.5 Å². The number of rotatable bonds is 6. The summed E-state index contributed by atoms with van der Waals surface area (Å²) in [7, 11) is 0. The van der Waals surface area contributed by atoms with Crippen LogP contribution in [0.15, 0.2) is 11.8 Å². The average molecular weight is 294 g/mol. The molecule has 0 radical (unpaired) electrons. The van der Waals surface area contributed by atoms with E-state index in [1.807, 2.05) is 16.7 Å². The van der Waals surface area contributed by atoms with Gasteiger partial charge in [-0.1, -0.05) is 6.08 Å². The van der Waals surface area contributed by atoms with Crippen molar-refractivity contribution in [2.24, 2.45) is 0 Å². The lowest BCUT2D eigenvalue weighted by atomic mass is 10.0. The van der Waals surface area contributed by atoms with Crippen LogP contribution in [0.3, 0.4) is 0 Å². The summed E-state index contributed by atoms with van der Waals surface area (Å²) in [6.45, 7) is 3.89. The van der Waals surface area contributed by atoms with Crippen LogP contribution in [0, 0.1) is 0 Å². The maximum Gasteiger partial charge on any atom is 0.304 e. The first-order valence-electron chi connectivity index (χ1n) is 8.07. The van der Waals surface area contributed by atoms with E-state index in [2.05, 4.69) is 6.08 Å². The summed E-state index contributed by atoms with van der Waals surface area (Å²) < 4.78 is 0. The Morgan fingerprint density at radius 1 is 1.38 bits per heavy atom. The van der Waals surface area contributed by atoms with Crippen LogP contribution >= 0.6 is 0 Å². The van der Waals surface area contributed by atoms with Crippen molar-refractivity contribution < 1.29 is 14.7 Å². The Kier molecular flexibility index (Phi) is 5.79. The van der Waals surface area contributed by atoms with Gasteiger partial charge in [0.2, 0.25) is 5.91 Å². The minimum Gasteiger partial charge on any atom is -0.481 e. The SMILES string of the molecule is CCN(C(=O)CN1CCCC1CC(=O)O)C1=CCCCC1. The summed E-state index contributed by atoms with van der Waals surface area (Å²) >= 11 is 0. The van der Waals surface area contributed by atoms with Crippen LogP contribution in [0.5, 0.6) is 0 Å². The van der Waals surface area contributed by atoms with Gasteiger partial charge in [-0.05, 0) is 52.0 Å². The largest absolute Gasteiger partial charge is 0.481 e. The molecule has 1 atom stereocenters. The molecule has 1 aliphatic carbocycles. The van der Waals surface area contributed by atoms with Gasteiger partial charge >= 0.3 is 5.97 Å². The van der Waals surface area contributed by atoms with Crippen molar-refractivity contribution in [1.29, 1.82) is 0 Å². The van der Waals surface area contributed by atoms with Crippen LogP contribution in [0.1, 0.15) is 51.9 Å². The first-order chi connectivity index (χ1) is 10.1. The fraction of sp³-hybridized carbons (Fsp3) is 0.750. The third-order valence-corrected chi connectivity index (χ3v) is 4.48. The Labute approximate surface area is 126 Å². The number of hydrogen-bond donors (Lipinski definition) is 1. The molecule has 0 aromatic carbocycles. The number of hydrogen-bond acceptors (Lipinski definition) is 3. The normalized spacial score (nSPS) is 22.9. The lowest BCUT2D eigenvalue weighted by molar-refractivity contribution is -0.139. The molecule has 21 heavy (non-hydrogen) atoms. The number of carboxylic acid groups (broad SMARTS) is 1. The molecule has 2 aliphatic rings. The molecule has 1 saturated heterocycles. The van der Waals surface area contributed by atoms with Crippen molar-refractivity contribution in [3.63, 3.8) is 0 Å². The zero-order valence-electron chi connectivity index (χ0n) is 12.9. The highest BCUT2D eigenvalue weighted by molar-refractivity contribution is 5.80. The first-order valence-corrected chi connectivity index (χ1v) is 8.07. The Morgan fingerprint density at radius 3 is 2.81 bits per heavy atom. The molecular weight excluding hydrogens is 268 g/mol. The topological polar surface area (TPSA) is 60.9 Å². The van der Waals surface area contributed by atoms with E-state index < -0.39 is 5.97 Å². The number of likely N-dealkylation sites (tertiary alicyclic amines) is 1. The maximum atomic E-state index is 12.6. The standard InChI is InChI=1S/C16H26N2O3/c1-2-18(13-7-4-3-5-8-13)15(19)12-17-10-6-9-14(17)11-16(20)21/h7,14H,2-6,8-12H2,1H3,(H,20,21). The average Bonchev–Trinajstić information content (AvgIpc) is 2.87. The van der Waals surface area contributed by atoms with E-state index in [1.165, 1.54) is 6.42 Å². The maximum absolute atomic E-state index is 12.6. The zero-order chi connectivity index (χ0) is 15.2. The van der Waals surface area contributed by atoms with E-state index in [0.29, 0.717) is 13.1 Å². The van der Waals surface area contributed by atoms with Gasteiger partial charge in [-0.15, -0.1) is 0 Å². The van der Waals surface area contributed by atoms with Gasteiger partial charge in [0, 0.05) is 18.3 Å². The summed E-state index contributed by atoms with van der Waals surface area (Å²) in [6, 6.07) is 0.0190. The van der Waals surface area contributed by atoms with Crippen molar-refractivity contribution in [3.05, 3.63) is 11.8 Å². The predicted octanol–water partition coefficient (Wildman–Crippen LogP) is 2.23. The molecule has 1 aliphatic heterocycles. The molecule has 0 aromatic rings. The Bertz CT molecular complexity index is 420. The highest BCUT2D eigenvalue weighted by Crippen LogP contribution is 2.23. The highest BCUT2D eigenvalue weighted by Gasteiger charge is 2.29. The summed E-state index contributed by atoms with van der Waals surface area (Å²) in [5.41, 5.74) is 1.16. The molecule has 5 nitrogen and oxygen atoms in total. The first kappa shape index (κ1) is 16.0. The second kappa shape index (κ2) is 7.59. The van der Waals surface area contributed by atoms with Crippen LogP contribution in [0.2, 0.25) is 0 Å². The number of allylic oxidation sites excluding steroid dienone is 2. The van der Waals surface area contributed by atoms with Gasteiger partial charge in [-0.25, -0.2) is 0 Å². The van der Waals surface area contributed by atoms with Gasteiger partial charge in [0.05, 0.1) is 13.0 Å². The van der Waals surface area contributed by atoms with E-state index in [-0.39, 0.29) is 18.4 Å². The monoisotopic (exact) mass is 294 g/mol. The second-order valence-electron chi connectivity index (χ2n) is 5.94. The third kappa shape index (κ3) is 4.30. The zero-order valence-corrected chi connectivity index (χ0v) is 12.9. The Morgan fingerprint density at radius 2 is 2.19 bits per heavy atom. The fourth-order valence-electron chi connectivity index (χ4n) is 3.40. The molecule has 5 heteroatoms. The van der Waals surface area contributed by atoms with Crippen LogP contribution in [0.25, 0.3) is 0 Å². The number of carboxylic acids is 1. The summed E-state index contributed by atoms with van der Waals surface area (Å²) in [6.07, 6.45) is 8.60. The Hall–Kier alpha value is -1.36. The molecule has 0 spiro atoms. The van der Waals surface area contributed by atoms with E-state index in [0.717, 1.165) is 44.3 Å².